The predicted octanol–water partition coefficient (Wildman–Crippen LogP) is 5.43. The van der Waals surface area contributed by atoms with E-state index < -0.39 is 41.0 Å². The van der Waals surface area contributed by atoms with Crippen LogP contribution in [0, 0.1) is 23.5 Å². The van der Waals surface area contributed by atoms with E-state index in [4.69, 9.17) is 21.1 Å². The largest absolute Gasteiger partial charge is 0.449 e. The van der Waals surface area contributed by atoms with Gasteiger partial charge in [0.1, 0.15) is 11.4 Å². The van der Waals surface area contributed by atoms with Crippen LogP contribution >= 0.6 is 11.6 Å². The zero-order valence-corrected chi connectivity index (χ0v) is 14.5. The number of anilines is 1. The van der Waals surface area contributed by atoms with Crippen LogP contribution < -0.4 is 10.1 Å². The van der Waals surface area contributed by atoms with E-state index in [2.05, 4.69) is 10.3 Å². The zero-order valence-electron chi connectivity index (χ0n) is 13.8. The van der Waals surface area contributed by atoms with E-state index in [1.54, 1.807) is 20.8 Å². The average molecular weight is 393 g/mol. The van der Waals surface area contributed by atoms with Crippen LogP contribution in [0.15, 0.2) is 18.2 Å². The molecular weight excluding hydrogens is 380 g/mol. The topological polar surface area (TPSA) is 60.5 Å². The summed E-state index contributed by atoms with van der Waals surface area (Å²) in [6, 6.07) is 3.63. The van der Waals surface area contributed by atoms with Crippen LogP contribution in [0.5, 0.6) is 11.5 Å². The van der Waals surface area contributed by atoms with Gasteiger partial charge in [0.2, 0.25) is 17.4 Å². The molecule has 0 saturated carbocycles. The molecule has 1 heterocycles. The maximum Gasteiger partial charge on any atom is 0.412 e. The van der Waals surface area contributed by atoms with Crippen LogP contribution in [0.2, 0.25) is 5.02 Å². The van der Waals surface area contributed by atoms with Crippen LogP contribution in [0.4, 0.5) is 28.0 Å². The molecule has 0 radical (unpaired) electrons. The molecule has 0 aliphatic carbocycles. The summed E-state index contributed by atoms with van der Waals surface area (Å²) in [5, 5.41) is 2.21. The van der Waals surface area contributed by atoms with Crippen LogP contribution in [0.1, 0.15) is 20.8 Å². The molecule has 1 aromatic heterocycles. The molecular formula is C16H13ClF4N2O3. The van der Waals surface area contributed by atoms with Gasteiger partial charge in [0.05, 0.1) is 5.02 Å². The van der Waals surface area contributed by atoms with Gasteiger partial charge >= 0.3 is 6.09 Å². The van der Waals surface area contributed by atoms with Gasteiger partial charge in [0, 0.05) is 5.69 Å². The number of nitrogens with zero attached hydrogens (tertiary/aromatic N) is 1. The van der Waals surface area contributed by atoms with Crippen molar-refractivity contribution < 1.29 is 31.8 Å². The lowest BCUT2D eigenvalue weighted by atomic mass is 10.2. The summed E-state index contributed by atoms with van der Waals surface area (Å²) in [4.78, 5) is 14.1. The first kappa shape index (κ1) is 19.8. The van der Waals surface area contributed by atoms with E-state index in [1.807, 2.05) is 0 Å². The third-order valence-electron chi connectivity index (χ3n) is 2.75. The van der Waals surface area contributed by atoms with Gasteiger partial charge in [-0.1, -0.05) is 11.6 Å². The Kier molecular flexibility index (Phi) is 5.60. The summed E-state index contributed by atoms with van der Waals surface area (Å²) in [6.07, 6.45) is -0.752. The van der Waals surface area contributed by atoms with Gasteiger partial charge in [-0.05, 0) is 39.0 Å². The van der Waals surface area contributed by atoms with Crippen LogP contribution in [-0.4, -0.2) is 16.7 Å². The molecule has 0 bridgehead atoms. The lowest BCUT2D eigenvalue weighted by Crippen LogP contribution is -2.27. The molecule has 10 heteroatoms. The van der Waals surface area contributed by atoms with Crippen LogP contribution in [0.25, 0.3) is 0 Å². The molecule has 1 amide bonds. The Morgan fingerprint density at radius 3 is 2.19 bits per heavy atom. The second kappa shape index (κ2) is 7.36. The molecule has 26 heavy (non-hydrogen) atoms. The third-order valence-corrected chi connectivity index (χ3v) is 3.04. The highest BCUT2D eigenvalue weighted by molar-refractivity contribution is 6.32. The molecule has 1 aromatic carbocycles. The fourth-order valence-electron chi connectivity index (χ4n) is 1.75. The second-order valence-corrected chi connectivity index (χ2v) is 6.43. The minimum Gasteiger partial charge on any atom is -0.449 e. The second-order valence-electron chi connectivity index (χ2n) is 6.02. The summed E-state index contributed by atoms with van der Waals surface area (Å²) in [6.45, 7) is 5.02. The minimum atomic E-state index is -1.86. The number of benzene rings is 1. The zero-order chi connectivity index (χ0) is 19.6. The lowest BCUT2D eigenvalue weighted by molar-refractivity contribution is 0.0636. The third kappa shape index (κ3) is 4.75. The summed E-state index contributed by atoms with van der Waals surface area (Å²) in [7, 11) is 0. The van der Waals surface area contributed by atoms with E-state index in [0.717, 1.165) is 6.07 Å². The van der Waals surface area contributed by atoms with Crippen molar-refractivity contribution in [1.82, 2.24) is 4.98 Å². The molecule has 1 N–H and O–H groups in total. The number of pyridine rings is 1. The van der Waals surface area contributed by atoms with Gasteiger partial charge < -0.3 is 9.47 Å². The van der Waals surface area contributed by atoms with E-state index in [9.17, 15) is 22.4 Å². The molecule has 2 aromatic rings. The standard InChI is InChI=1S/C16H13ClF4N2O3/c1-16(2,3)26-15(24)22-7-4-5-9(8(17)6-7)25-12-10(18)13(20)23-14(21)11(12)19/h4-6H,1-3H3,(H,22,24). The lowest BCUT2D eigenvalue weighted by Gasteiger charge is -2.19. The van der Waals surface area contributed by atoms with E-state index in [-0.39, 0.29) is 16.5 Å². The summed E-state index contributed by atoms with van der Waals surface area (Å²) < 4.78 is 63.2. The van der Waals surface area contributed by atoms with Crippen molar-refractivity contribution >= 4 is 23.4 Å². The van der Waals surface area contributed by atoms with Gasteiger partial charge in [0.15, 0.2) is 0 Å². The Hall–Kier alpha value is -2.55. The molecule has 0 aliphatic rings. The SMILES string of the molecule is CC(C)(C)OC(=O)Nc1ccc(Oc2c(F)c(F)nc(F)c2F)c(Cl)c1. The number of carbonyl (C=O) groups is 1. The highest BCUT2D eigenvalue weighted by atomic mass is 35.5. The summed E-state index contributed by atoms with van der Waals surface area (Å²) in [5.41, 5.74) is -0.522. The highest BCUT2D eigenvalue weighted by Crippen LogP contribution is 2.35. The number of aromatic nitrogens is 1. The molecule has 0 aliphatic heterocycles. The van der Waals surface area contributed by atoms with Crippen molar-refractivity contribution in [3.8, 4) is 11.5 Å². The number of hydrogen-bond donors (Lipinski definition) is 1. The number of nitrogens with one attached hydrogen (secondary N) is 1. The van der Waals surface area contributed by atoms with E-state index in [1.165, 1.54) is 12.1 Å². The predicted molar refractivity (Wildman–Crippen MR) is 85.5 cm³/mol. The summed E-state index contributed by atoms with van der Waals surface area (Å²) >= 11 is 5.91. The van der Waals surface area contributed by atoms with E-state index in [0.29, 0.717) is 0 Å². The average Bonchev–Trinajstić information content (AvgIpc) is 2.49. The van der Waals surface area contributed by atoms with Crippen molar-refractivity contribution in [3.05, 3.63) is 46.8 Å². The molecule has 0 atom stereocenters. The fourth-order valence-corrected chi connectivity index (χ4v) is 1.97. The van der Waals surface area contributed by atoms with Crippen LogP contribution in [0.3, 0.4) is 0 Å². The number of hydrogen-bond acceptors (Lipinski definition) is 4. The maximum atomic E-state index is 13.6. The van der Waals surface area contributed by atoms with Gasteiger partial charge in [-0.15, -0.1) is 0 Å². The molecule has 140 valence electrons. The van der Waals surface area contributed by atoms with Crippen molar-refractivity contribution in [2.75, 3.05) is 5.32 Å². The van der Waals surface area contributed by atoms with Gasteiger partial charge in [-0.25, -0.2) is 4.79 Å². The first-order valence-electron chi connectivity index (χ1n) is 7.15. The number of halogens is 5. The van der Waals surface area contributed by atoms with Gasteiger partial charge in [-0.3, -0.25) is 5.32 Å². The monoisotopic (exact) mass is 392 g/mol. The number of rotatable bonds is 3. The van der Waals surface area contributed by atoms with Crippen LogP contribution in [-0.2, 0) is 4.74 Å². The molecule has 0 spiro atoms. The Morgan fingerprint density at radius 2 is 1.69 bits per heavy atom. The number of ether oxygens (including phenoxy) is 2. The maximum absolute atomic E-state index is 13.6. The number of carbonyl (C=O) groups excluding carboxylic acids is 1. The molecule has 0 fully saturated rings. The fraction of sp³-hybridized carbons (Fsp3) is 0.250. The quantitative estimate of drug-likeness (QED) is 0.559. The van der Waals surface area contributed by atoms with Crippen molar-refractivity contribution in [2.24, 2.45) is 0 Å². The first-order valence-corrected chi connectivity index (χ1v) is 7.53. The van der Waals surface area contributed by atoms with Crippen molar-refractivity contribution in [1.29, 1.82) is 0 Å². The van der Waals surface area contributed by atoms with Gasteiger partial charge in [-0.2, -0.15) is 22.5 Å². The molecule has 0 unspecified atom stereocenters. The molecule has 5 nitrogen and oxygen atoms in total. The smallest absolute Gasteiger partial charge is 0.412 e. The van der Waals surface area contributed by atoms with Crippen molar-refractivity contribution in [3.63, 3.8) is 0 Å². The first-order chi connectivity index (χ1) is 12.0. The Bertz CT molecular complexity index is 830. The Balaban J connectivity index is 2.23. The Morgan fingerprint density at radius 1 is 1.12 bits per heavy atom. The highest BCUT2D eigenvalue weighted by Gasteiger charge is 2.24. The molecule has 0 saturated heterocycles. The Labute approximate surface area is 150 Å². The van der Waals surface area contributed by atoms with Crippen molar-refractivity contribution in [2.45, 2.75) is 26.4 Å². The van der Waals surface area contributed by atoms with Gasteiger partial charge in [0.25, 0.3) is 11.9 Å². The minimum absolute atomic E-state index is 0.185. The van der Waals surface area contributed by atoms with E-state index >= 15 is 0 Å². The normalized spacial score (nSPS) is 11.2. The molecule has 2 rings (SSSR count). The summed E-state index contributed by atoms with van der Waals surface area (Å²) in [5.74, 6) is -8.97. The number of amides is 1.